The summed E-state index contributed by atoms with van der Waals surface area (Å²) in [6, 6.07) is 29.4. The van der Waals surface area contributed by atoms with Gasteiger partial charge in [-0.15, -0.1) is 0 Å². The number of hydrogen-bond acceptors (Lipinski definition) is 7. The first-order valence-corrected chi connectivity index (χ1v) is 19.8. The molecule has 0 atom stereocenters. The van der Waals surface area contributed by atoms with E-state index in [-0.39, 0.29) is 21.1 Å². The van der Waals surface area contributed by atoms with Crippen molar-refractivity contribution in [2.24, 2.45) is 0 Å². The first-order chi connectivity index (χ1) is 24.2. The third-order valence-corrected chi connectivity index (χ3v) is 13.4. The molecule has 2 aliphatic heterocycles. The van der Waals surface area contributed by atoms with Crippen molar-refractivity contribution in [3.8, 4) is 11.1 Å². The molecular formula is C39H40N4O5S2. The lowest BCUT2D eigenvalue weighted by Crippen LogP contribution is -2.48. The molecule has 4 aromatic rings. The molecule has 0 unspecified atom stereocenters. The number of hydrogen-bond donors (Lipinski definition) is 0. The molecule has 3 aliphatic rings. The molecule has 0 bridgehead atoms. The number of benzene rings is 4. The number of ketones is 1. The Hall–Kier alpha value is -4.39. The molecule has 50 heavy (non-hydrogen) atoms. The lowest BCUT2D eigenvalue weighted by molar-refractivity contribution is 0.104. The minimum atomic E-state index is -3.83. The van der Waals surface area contributed by atoms with Crippen LogP contribution in [0.5, 0.6) is 0 Å². The van der Waals surface area contributed by atoms with Crippen LogP contribution in [0.4, 0.5) is 0 Å². The monoisotopic (exact) mass is 708 g/mol. The Labute approximate surface area is 294 Å². The Bertz CT molecular complexity index is 2140. The summed E-state index contributed by atoms with van der Waals surface area (Å²) in [6.45, 7) is 4.50. The Morgan fingerprint density at radius 2 is 1.12 bits per heavy atom. The van der Waals surface area contributed by atoms with Crippen LogP contribution in [-0.2, 0) is 26.5 Å². The van der Waals surface area contributed by atoms with Gasteiger partial charge in [0.05, 0.1) is 9.79 Å². The third kappa shape index (κ3) is 7.10. The van der Waals surface area contributed by atoms with Crippen LogP contribution in [0.15, 0.2) is 125 Å². The predicted octanol–water partition coefficient (Wildman–Crippen LogP) is 4.98. The summed E-state index contributed by atoms with van der Waals surface area (Å²) in [5, 5.41) is 0. The van der Waals surface area contributed by atoms with E-state index in [0.717, 1.165) is 18.5 Å². The van der Waals surface area contributed by atoms with Crippen molar-refractivity contribution in [2.45, 2.75) is 16.2 Å². The van der Waals surface area contributed by atoms with E-state index in [0.29, 0.717) is 69.0 Å². The second-order valence-electron chi connectivity index (χ2n) is 12.8. The van der Waals surface area contributed by atoms with Crippen LogP contribution in [0, 0.1) is 0 Å². The number of allylic oxidation sites excluding steroid dienone is 1. The summed E-state index contributed by atoms with van der Waals surface area (Å²) < 4.78 is 57.7. The van der Waals surface area contributed by atoms with Gasteiger partial charge in [-0.05, 0) is 65.2 Å². The second kappa shape index (κ2) is 14.5. The Morgan fingerprint density at radius 3 is 1.76 bits per heavy atom. The number of carbonyl (C=O) groups excluding carboxylic acids is 1. The molecule has 2 saturated heterocycles. The maximum Gasteiger partial charge on any atom is 0.243 e. The van der Waals surface area contributed by atoms with Gasteiger partial charge in [0, 0.05) is 70.0 Å². The molecule has 258 valence electrons. The topological polar surface area (TPSA) is 98.3 Å². The summed E-state index contributed by atoms with van der Waals surface area (Å²) in [7, 11) is -7.63. The van der Waals surface area contributed by atoms with Gasteiger partial charge in [-0.3, -0.25) is 9.69 Å². The van der Waals surface area contributed by atoms with E-state index < -0.39 is 20.0 Å². The molecule has 4 aromatic carbocycles. The SMILES string of the molecule is O=C1c2cc(S(=O)(=O)N3CCN(CC=Cc4ccccc4)CC3)ccc2-c2cc(S(=O)(=O)N3CCN(C=CCc4ccccc4)CC3)ccc21. The van der Waals surface area contributed by atoms with Crippen LogP contribution in [-0.4, -0.2) is 99.9 Å². The summed E-state index contributed by atoms with van der Waals surface area (Å²) in [5.74, 6) is -0.304. The van der Waals surface area contributed by atoms with Crippen molar-refractivity contribution in [3.05, 3.63) is 138 Å². The molecule has 0 amide bonds. The van der Waals surface area contributed by atoms with E-state index in [2.05, 4.69) is 40.2 Å². The standard InChI is InChI=1S/C39H40N4O5S2/c44-39-36-18-16-33(49(45,46)42-25-21-40(22-26-42)19-7-13-31-9-3-1-4-10-31)29-37(36)35-17-15-34(30-38(35)39)50(47,48)43-27-23-41(24-28-43)20-8-14-32-11-5-2-6-12-32/h1-12,14-19,29-30H,13,20-28H2. The molecule has 0 saturated carbocycles. The number of fused-ring (bicyclic) bond motifs is 3. The highest BCUT2D eigenvalue weighted by molar-refractivity contribution is 7.89. The smallest absolute Gasteiger partial charge is 0.243 e. The largest absolute Gasteiger partial charge is 0.375 e. The third-order valence-electron chi connectivity index (χ3n) is 9.63. The zero-order chi connectivity index (χ0) is 34.7. The van der Waals surface area contributed by atoms with Crippen LogP contribution in [0.3, 0.4) is 0 Å². The lowest BCUT2D eigenvalue weighted by atomic mass is 10.1. The molecule has 2 heterocycles. The van der Waals surface area contributed by atoms with Crippen molar-refractivity contribution >= 4 is 31.9 Å². The Morgan fingerprint density at radius 1 is 0.560 bits per heavy atom. The fourth-order valence-electron chi connectivity index (χ4n) is 6.75. The van der Waals surface area contributed by atoms with Crippen LogP contribution in [0.2, 0.25) is 0 Å². The quantitative estimate of drug-likeness (QED) is 0.202. The summed E-state index contributed by atoms with van der Waals surface area (Å²) in [6.07, 6.45) is 9.10. The minimum Gasteiger partial charge on any atom is -0.375 e. The Balaban J connectivity index is 0.995. The van der Waals surface area contributed by atoms with E-state index in [9.17, 15) is 21.6 Å². The van der Waals surface area contributed by atoms with Gasteiger partial charge in [-0.25, -0.2) is 16.8 Å². The van der Waals surface area contributed by atoms with Crippen molar-refractivity contribution in [3.63, 3.8) is 0 Å². The van der Waals surface area contributed by atoms with Gasteiger partial charge in [0.2, 0.25) is 20.0 Å². The van der Waals surface area contributed by atoms with Crippen LogP contribution < -0.4 is 0 Å². The number of nitrogens with zero attached hydrogens (tertiary/aromatic N) is 4. The zero-order valence-electron chi connectivity index (χ0n) is 27.8. The zero-order valence-corrected chi connectivity index (χ0v) is 29.4. The van der Waals surface area contributed by atoms with Crippen LogP contribution in [0.25, 0.3) is 17.2 Å². The molecule has 7 rings (SSSR count). The predicted molar refractivity (Wildman–Crippen MR) is 196 cm³/mol. The maximum absolute atomic E-state index is 13.7. The molecule has 9 nitrogen and oxygen atoms in total. The Kier molecular flexibility index (Phi) is 9.85. The summed E-state index contributed by atoms with van der Waals surface area (Å²) in [4.78, 5) is 18.0. The summed E-state index contributed by atoms with van der Waals surface area (Å²) >= 11 is 0. The van der Waals surface area contributed by atoms with E-state index in [1.807, 2.05) is 54.7 Å². The fourth-order valence-corrected chi connectivity index (χ4v) is 9.65. The van der Waals surface area contributed by atoms with Gasteiger partial charge in [0.1, 0.15) is 0 Å². The first-order valence-electron chi connectivity index (χ1n) is 16.9. The molecule has 0 radical (unpaired) electrons. The second-order valence-corrected chi connectivity index (χ2v) is 16.7. The highest BCUT2D eigenvalue weighted by Crippen LogP contribution is 2.39. The van der Waals surface area contributed by atoms with E-state index in [1.54, 1.807) is 18.2 Å². The van der Waals surface area contributed by atoms with Gasteiger partial charge in [0.25, 0.3) is 0 Å². The molecular weight excluding hydrogens is 669 g/mol. The molecule has 0 aromatic heterocycles. The highest BCUT2D eigenvalue weighted by Gasteiger charge is 2.34. The summed E-state index contributed by atoms with van der Waals surface area (Å²) in [5.41, 5.74) is 4.04. The number of carbonyl (C=O) groups is 1. The van der Waals surface area contributed by atoms with Gasteiger partial charge in [-0.2, -0.15) is 8.61 Å². The van der Waals surface area contributed by atoms with Crippen molar-refractivity contribution < 1.29 is 21.6 Å². The molecule has 2 fully saturated rings. The van der Waals surface area contributed by atoms with Gasteiger partial charge >= 0.3 is 0 Å². The normalized spacial score (nSPS) is 17.8. The van der Waals surface area contributed by atoms with Crippen molar-refractivity contribution in [1.82, 2.24) is 18.4 Å². The number of rotatable bonds is 10. The molecule has 11 heteroatoms. The number of piperazine rings is 2. The minimum absolute atomic E-state index is 0.0679. The van der Waals surface area contributed by atoms with E-state index in [4.69, 9.17) is 0 Å². The van der Waals surface area contributed by atoms with Gasteiger partial charge < -0.3 is 4.90 Å². The van der Waals surface area contributed by atoms with Crippen molar-refractivity contribution in [2.75, 3.05) is 58.9 Å². The first kappa shape index (κ1) is 34.1. The molecule has 0 N–H and O–H groups in total. The lowest BCUT2D eigenvalue weighted by Gasteiger charge is -2.33. The molecule has 1 aliphatic carbocycles. The average Bonchev–Trinajstić information content (AvgIpc) is 3.43. The van der Waals surface area contributed by atoms with E-state index in [1.165, 1.54) is 32.4 Å². The molecule has 0 spiro atoms. The van der Waals surface area contributed by atoms with Crippen molar-refractivity contribution in [1.29, 1.82) is 0 Å². The van der Waals surface area contributed by atoms with E-state index >= 15 is 0 Å². The fraction of sp³-hybridized carbons (Fsp3) is 0.256. The van der Waals surface area contributed by atoms with Gasteiger partial charge in [0.15, 0.2) is 5.78 Å². The highest BCUT2D eigenvalue weighted by atomic mass is 32.2. The maximum atomic E-state index is 13.7. The van der Waals surface area contributed by atoms with Crippen LogP contribution in [0.1, 0.15) is 27.0 Å². The van der Waals surface area contributed by atoms with Crippen LogP contribution >= 0.6 is 0 Å². The van der Waals surface area contributed by atoms with Gasteiger partial charge in [-0.1, -0.05) is 85.0 Å². The number of sulfonamides is 2. The average molecular weight is 709 g/mol.